The molecule has 3 unspecified atom stereocenters. The number of morpholine rings is 1. The van der Waals surface area contributed by atoms with E-state index in [0.717, 1.165) is 0 Å². The first-order valence-electron chi connectivity index (χ1n) is 5.65. The fourth-order valence-corrected chi connectivity index (χ4v) is 1.88. The van der Waals surface area contributed by atoms with Crippen LogP contribution in [0.25, 0.3) is 0 Å². The lowest BCUT2D eigenvalue weighted by Gasteiger charge is -2.32. The third kappa shape index (κ3) is 2.72. The average molecular weight is 229 g/mol. The van der Waals surface area contributed by atoms with Crippen LogP contribution in [-0.4, -0.2) is 49.6 Å². The van der Waals surface area contributed by atoms with Crippen molar-refractivity contribution in [3.8, 4) is 0 Å². The van der Waals surface area contributed by atoms with Gasteiger partial charge in [-0.15, -0.1) is 0 Å². The van der Waals surface area contributed by atoms with E-state index in [9.17, 15) is 4.79 Å². The summed E-state index contributed by atoms with van der Waals surface area (Å²) in [6.45, 7) is 7.26. The summed E-state index contributed by atoms with van der Waals surface area (Å²) < 4.78 is 16.2. The molecule has 2 fully saturated rings. The largest absolute Gasteiger partial charge is 0.458 e. The number of hydrogen-bond acceptors (Lipinski definition) is 5. The van der Waals surface area contributed by atoms with E-state index in [1.807, 2.05) is 20.8 Å². The van der Waals surface area contributed by atoms with Crippen molar-refractivity contribution in [3.63, 3.8) is 0 Å². The second-order valence-corrected chi connectivity index (χ2v) is 5.25. The van der Waals surface area contributed by atoms with E-state index in [0.29, 0.717) is 19.8 Å². The number of nitrogens with one attached hydrogen (secondary N) is 1. The molecule has 0 spiro atoms. The number of esters is 1. The highest BCUT2D eigenvalue weighted by atomic mass is 16.6. The Labute approximate surface area is 95.4 Å². The molecule has 0 amide bonds. The first kappa shape index (κ1) is 11.8. The van der Waals surface area contributed by atoms with E-state index < -0.39 is 11.7 Å². The number of fused-ring (bicyclic) bond motifs is 1. The van der Waals surface area contributed by atoms with Crippen LogP contribution in [0.5, 0.6) is 0 Å². The number of hydrogen-bond donors (Lipinski definition) is 1. The van der Waals surface area contributed by atoms with Crippen molar-refractivity contribution in [2.45, 2.75) is 44.6 Å². The number of carbonyl (C=O) groups excluding carboxylic acids is 1. The third-order valence-corrected chi connectivity index (χ3v) is 2.60. The molecular formula is C11H19NO4. The zero-order valence-electron chi connectivity index (χ0n) is 9.99. The molecule has 2 saturated heterocycles. The van der Waals surface area contributed by atoms with Crippen LogP contribution in [0.4, 0.5) is 0 Å². The summed E-state index contributed by atoms with van der Waals surface area (Å²) >= 11 is 0. The van der Waals surface area contributed by atoms with Gasteiger partial charge >= 0.3 is 5.97 Å². The van der Waals surface area contributed by atoms with E-state index in [-0.39, 0.29) is 18.1 Å². The highest BCUT2D eigenvalue weighted by molar-refractivity contribution is 5.75. The molecule has 0 saturated carbocycles. The Balaban J connectivity index is 1.89. The summed E-state index contributed by atoms with van der Waals surface area (Å²) in [5.41, 5.74) is -0.469. The van der Waals surface area contributed by atoms with E-state index in [2.05, 4.69) is 5.32 Å². The molecule has 0 aromatic carbocycles. The van der Waals surface area contributed by atoms with E-state index in [1.54, 1.807) is 0 Å². The molecule has 0 aromatic rings. The van der Waals surface area contributed by atoms with Gasteiger partial charge in [0.05, 0.1) is 25.4 Å². The zero-order chi connectivity index (χ0) is 11.8. The summed E-state index contributed by atoms with van der Waals surface area (Å²) in [4.78, 5) is 11.8. The van der Waals surface area contributed by atoms with Crippen LogP contribution >= 0.6 is 0 Å². The predicted molar refractivity (Wildman–Crippen MR) is 57.1 cm³/mol. The highest BCUT2D eigenvalue weighted by Gasteiger charge is 2.39. The summed E-state index contributed by atoms with van der Waals surface area (Å²) in [5.74, 6) is -0.301. The van der Waals surface area contributed by atoms with Gasteiger partial charge in [0.2, 0.25) is 0 Å². The standard InChI is InChI=1S/C11H19NO4/c1-11(2,3)16-10(13)8-4-12-7-5-14-6-9(7)15-8/h7-9,12H,4-6H2,1-3H3. The lowest BCUT2D eigenvalue weighted by Crippen LogP contribution is -2.55. The van der Waals surface area contributed by atoms with Crippen LogP contribution in [-0.2, 0) is 19.0 Å². The summed E-state index contributed by atoms with van der Waals surface area (Å²) in [7, 11) is 0. The minimum Gasteiger partial charge on any atom is -0.458 e. The summed E-state index contributed by atoms with van der Waals surface area (Å²) in [6.07, 6.45) is -0.534. The predicted octanol–water partition coefficient (Wildman–Crippen LogP) is 0.0839. The number of ether oxygens (including phenoxy) is 3. The van der Waals surface area contributed by atoms with Crippen molar-refractivity contribution in [1.29, 1.82) is 0 Å². The quantitative estimate of drug-likeness (QED) is 0.645. The van der Waals surface area contributed by atoms with E-state index >= 15 is 0 Å². The molecule has 5 nitrogen and oxygen atoms in total. The molecule has 1 N–H and O–H groups in total. The van der Waals surface area contributed by atoms with Gasteiger partial charge in [0, 0.05) is 6.54 Å². The zero-order valence-corrected chi connectivity index (χ0v) is 9.99. The van der Waals surface area contributed by atoms with Gasteiger partial charge in [-0.1, -0.05) is 0 Å². The lowest BCUT2D eigenvalue weighted by molar-refractivity contribution is -0.175. The number of rotatable bonds is 1. The minimum absolute atomic E-state index is 0.0220. The number of carbonyl (C=O) groups is 1. The molecule has 3 atom stereocenters. The fraction of sp³-hybridized carbons (Fsp3) is 0.909. The molecule has 0 aromatic heterocycles. The van der Waals surface area contributed by atoms with Gasteiger partial charge < -0.3 is 19.5 Å². The van der Waals surface area contributed by atoms with Gasteiger partial charge in [0.1, 0.15) is 5.60 Å². The molecule has 2 aliphatic rings. The Bertz CT molecular complexity index is 274. The lowest BCUT2D eigenvalue weighted by atomic mass is 10.1. The van der Waals surface area contributed by atoms with Crippen molar-refractivity contribution < 1.29 is 19.0 Å². The Morgan fingerprint density at radius 1 is 1.38 bits per heavy atom. The van der Waals surface area contributed by atoms with Gasteiger partial charge in [0.25, 0.3) is 0 Å². The first-order valence-corrected chi connectivity index (χ1v) is 5.65. The monoisotopic (exact) mass is 229 g/mol. The Kier molecular flexibility index (Phi) is 3.19. The van der Waals surface area contributed by atoms with Crippen LogP contribution in [0.15, 0.2) is 0 Å². The molecule has 16 heavy (non-hydrogen) atoms. The smallest absolute Gasteiger partial charge is 0.337 e. The van der Waals surface area contributed by atoms with Gasteiger partial charge in [-0.2, -0.15) is 0 Å². The Hall–Kier alpha value is -0.650. The van der Waals surface area contributed by atoms with Crippen LogP contribution in [0.2, 0.25) is 0 Å². The van der Waals surface area contributed by atoms with Crippen molar-refractivity contribution in [2.24, 2.45) is 0 Å². The molecule has 5 heteroatoms. The Morgan fingerprint density at radius 2 is 2.12 bits per heavy atom. The third-order valence-electron chi connectivity index (χ3n) is 2.60. The van der Waals surface area contributed by atoms with Crippen molar-refractivity contribution in [2.75, 3.05) is 19.8 Å². The molecule has 2 aliphatic heterocycles. The normalized spacial score (nSPS) is 34.6. The maximum absolute atomic E-state index is 11.8. The maximum atomic E-state index is 11.8. The molecular weight excluding hydrogens is 210 g/mol. The first-order chi connectivity index (χ1) is 7.46. The molecule has 2 rings (SSSR count). The highest BCUT2D eigenvalue weighted by Crippen LogP contribution is 2.18. The summed E-state index contributed by atoms with van der Waals surface area (Å²) in [6, 6.07) is 0.221. The second kappa shape index (κ2) is 4.31. The van der Waals surface area contributed by atoms with Crippen molar-refractivity contribution >= 4 is 5.97 Å². The second-order valence-electron chi connectivity index (χ2n) is 5.25. The molecule has 92 valence electrons. The van der Waals surface area contributed by atoms with Crippen LogP contribution < -0.4 is 5.32 Å². The van der Waals surface area contributed by atoms with Crippen LogP contribution in [0.1, 0.15) is 20.8 Å². The van der Waals surface area contributed by atoms with Gasteiger partial charge in [-0.05, 0) is 20.8 Å². The molecule has 0 bridgehead atoms. The Morgan fingerprint density at radius 3 is 2.81 bits per heavy atom. The average Bonchev–Trinajstić information content (AvgIpc) is 2.61. The fourth-order valence-electron chi connectivity index (χ4n) is 1.88. The van der Waals surface area contributed by atoms with Crippen molar-refractivity contribution in [3.05, 3.63) is 0 Å². The summed E-state index contributed by atoms with van der Waals surface area (Å²) in [5, 5.41) is 3.25. The van der Waals surface area contributed by atoms with Gasteiger partial charge in [0.15, 0.2) is 6.10 Å². The van der Waals surface area contributed by atoms with E-state index in [1.165, 1.54) is 0 Å². The topological polar surface area (TPSA) is 56.8 Å². The maximum Gasteiger partial charge on any atom is 0.337 e. The molecule has 0 radical (unpaired) electrons. The minimum atomic E-state index is -0.512. The van der Waals surface area contributed by atoms with Crippen molar-refractivity contribution in [1.82, 2.24) is 5.32 Å². The van der Waals surface area contributed by atoms with Gasteiger partial charge in [-0.3, -0.25) is 0 Å². The van der Waals surface area contributed by atoms with Crippen LogP contribution in [0.3, 0.4) is 0 Å². The molecule has 0 aliphatic carbocycles. The van der Waals surface area contributed by atoms with E-state index in [4.69, 9.17) is 14.2 Å². The molecule has 2 heterocycles. The SMILES string of the molecule is CC(C)(C)OC(=O)C1CNC2COCC2O1. The van der Waals surface area contributed by atoms with Crippen LogP contribution in [0, 0.1) is 0 Å². The van der Waals surface area contributed by atoms with Gasteiger partial charge in [-0.25, -0.2) is 4.79 Å².